The number of unbranched alkanes of at least 4 members (excludes halogenated alkanes) is 1. The first kappa shape index (κ1) is 34.5. The Labute approximate surface area is 264 Å². The minimum atomic E-state index is -4.41. The second-order valence-electron chi connectivity index (χ2n) is 9.99. The van der Waals surface area contributed by atoms with Crippen molar-refractivity contribution >= 4 is 39.1 Å². The predicted molar refractivity (Wildman–Crippen MR) is 171 cm³/mol. The smallest absolute Gasteiger partial charge is 0.265 e. The third kappa shape index (κ3) is 8.57. The number of methoxy groups -OCH3 is 3. The van der Waals surface area contributed by atoms with Crippen LogP contribution in [0.3, 0.4) is 0 Å². The van der Waals surface area contributed by atoms with Crippen LogP contribution in [0.5, 0.6) is 17.2 Å². The quantitative estimate of drug-likeness (QED) is 0.220. The number of carbonyl (C=O) groups excluding carboxylic acids is 2. The van der Waals surface area contributed by atoms with Crippen molar-refractivity contribution in [2.45, 2.75) is 44.0 Å². The molecule has 0 aliphatic carbocycles. The van der Waals surface area contributed by atoms with Gasteiger partial charge in [0.2, 0.25) is 11.8 Å². The van der Waals surface area contributed by atoms with E-state index in [1.807, 2.05) is 37.3 Å². The SMILES string of the molecule is CCCCNC(=O)[C@@H](C)N(CCc1ccccc1)C(=O)CN(c1cc(Cl)ccc1OC)S(=O)(=O)c1ccc(OC)c(OC)c1. The van der Waals surface area contributed by atoms with E-state index in [1.54, 1.807) is 13.0 Å². The van der Waals surface area contributed by atoms with Crippen molar-refractivity contribution in [3.63, 3.8) is 0 Å². The fraction of sp³-hybridized carbons (Fsp3) is 0.375. The topological polar surface area (TPSA) is 114 Å². The number of hydrogen-bond donors (Lipinski definition) is 1. The largest absolute Gasteiger partial charge is 0.495 e. The summed E-state index contributed by atoms with van der Waals surface area (Å²) in [6.07, 6.45) is 2.15. The monoisotopic (exact) mass is 645 g/mol. The standard InChI is InChI=1S/C32H40ClN3O7S/c1-6-7-18-34-32(38)23(2)35(19-17-24-11-9-8-10-12-24)31(37)22-36(27-20-25(33)13-15-28(27)41-3)44(39,40)26-14-16-29(42-4)30(21-26)43-5/h8-16,20-21,23H,6-7,17-19,22H2,1-5H3,(H,34,38)/t23-/m1/s1. The van der Waals surface area contributed by atoms with E-state index in [9.17, 15) is 18.0 Å². The summed E-state index contributed by atoms with van der Waals surface area (Å²) in [4.78, 5) is 28.5. The number of carbonyl (C=O) groups is 2. The minimum absolute atomic E-state index is 0.0613. The van der Waals surface area contributed by atoms with Crippen LogP contribution in [0.2, 0.25) is 5.02 Å². The molecule has 1 N–H and O–H groups in total. The van der Waals surface area contributed by atoms with E-state index >= 15 is 0 Å². The molecule has 10 nitrogen and oxygen atoms in total. The molecule has 0 spiro atoms. The molecule has 3 aromatic carbocycles. The van der Waals surface area contributed by atoms with Crippen molar-refractivity contribution < 1.29 is 32.2 Å². The van der Waals surface area contributed by atoms with Crippen LogP contribution in [0, 0.1) is 0 Å². The van der Waals surface area contributed by atoms with Crippen LogP contribution >= 0.6 is 11.6 Å². The van der Waals surface area contributed by atoms with Gasteiger partial charge in [-0.2, -0.15) is 0 Å². The third-order valence-electron chi connectivity index (χ3n) is 7.11. The van der Waals surface area contributed by atoms with E-state index in [1.165, 1.54) is 56.6 Å². The van der Waals surface area contributed by atoms with Crippen molar-refractivity contribution in [3.8, 4) is 17.2 Å². The number of rotatable bonds is 16. The van der Waals surface area contributed by atoms with Crippen LogP contribution in [0.25, 0.3) is 0 Å². The molecule has 1 atom stereocenters. The van der Waals surface area contributed by atoms with Gasteiger partial charge < -0.3 is 24.4 Å². The first-order valence-corrected chi connectivity index (χ1v) is 16.1. The first-order chi connectivity index (χ1) is 21.1. The Morgan fingerprint density at radius 3 is 2.20 bits per heavy atom. The maximum Gasteiger partial charge on any atom is 0.265 e. The van der Waals surface area contributed by atoms with Crippen molar-refractivity contribution in [2.24, 2.45) is 0 Å². The van der Waals surface area contributed by atoms with Crippen LogP contribution in [-0.2, 0) is 26.0 Å². The zero-order chi connectivity index (χ0) is 32.3. The van der Waals surface area contributed by atoms with Crippen LogP contribution in [-0.4, -0.2) is 72.1 Å². The molecule has 0 aliphatic rings. The summed E-state index contributed by atoms with van der Waals surface area (Å²) in [5.74, 6) is -0.184. The Balaban J connectivity index is 2.07. The summed E-state index contributed by atoms with van der Waals surface area (Å²) in [5, 5.41) is 3.12. The highest BCUT2D eigenvalue weighted by Gasteiger charge is 2.34. The lowest BCUT2D eigenvalue weighted by atomic mass is 10.1. The van der Waals surface area contributed by atoms with Gasteiger partial charge in [-0.05, 0) is 55.7 Å². The molecule has 0 unspecified atom stereocenters. The van der Waals surface area contributed by atoms with Crippen LogP contribution < -0.4 is 23.8 Å². The van der Waals surface area contributed by atoms with Crippen molar-refractivity contribution in [1.82, 2.24) is 10.2 Å². The molecule has 0 saturated heterocycles. The molecule has 3 aromatic rings. The number of benzene rings is 3. The fourth-order valence-electron chi connectivity index (χ4n) is 4.58. The van der Waals surface area contributed by atoms with Gasteiger partial charge in [0.25, 0.3) is 10.0 Å². The number of ether oxygens (including phenoxy) is 3. The van der Waals surface area contributed by atoms with Crippen LogP contribution in [0.4, 0.5) is 5.69 Å². The average molecular weight is 646 g/mol. The molecular weight excluding hydrogens is 606 g/mol. The Hall–Kier alpha value is -3.96. The van der Waals surface area contributed by atoms with E-state index in [4.69, 9.17) is 25.8 Å². The van der Waals surface area contributed by atoms with Gasteiger partial charge in [0.1, 0.15) is 18.3 Å². The lowest BCUT2D eigenvalue weighted by Gasteiger charge is -2.32. The van der Waals surface area contributed by atoms with Gasteiger partial charge in [-0.3, -0.25) is 13.9 Å². The number of amides is 2. The molecule has 0 saturated carbocycles. The van der Waals surface area contributed by atoms with Gasteiger partial charge in [0, 0.05) is 24.2 Å². The van der Waals surface area contributed by atoms with Gasteiger partial charge >= 0.3 is 0 Å². The Bertz CT molecular complexity index is 1520. The van der Waals surface area contributed by atoms with Crippen LogP contribution in [0.15, 0.2) is 71.6 Å². The number of nitrogens with one attached hydrogen (secondary N) is 1. The summed E-state index contributed by atoms with van der Waals surface area (Å²) >= 11 is 6.31. The molecule has 0 radical (unpaired) electrons. The summed E-state index contributed by atoms with van der Waals surface area (Å²) in [6, 6.07) is 17.3. The third-order valence-corrected chi connectivity index (χ3v) is 9.10. The average Bonchev–Trinajstić information content (AvgIpc) is 3.03. The predicted octanol–water partition coefficient (Wildman–Crippen LogP) is 4.94. The number of sulfonamides is 1. The highest BCUT2D eigenvalue weighted by molar-refractivity contribution is 7.92. The van der Waals surface area contributed by atoms with Crippen LogP contribution in [0.1, 0.15) is 32.3 Å². The van der Waals surface area contributed by atoms with Gasteiger partial charge in [0.15, 0.2) is 11.5 Å². The fourth-order valence-corrected chi connectivity index (χ4v) is 6.18. The van der Waals surface area contributed by atoms with E-state index in [0.717, 1.165) is 22.7 Å². The van der Waals surface area contributed by atoms with Gasteiger partial charge in [0.05, 0.1) is 31.9 Å². The van der Waals surface area contributed by atoms with Gasteiger partial charge in [-0.15, -0.1) is 0 Å². The molecule has 0 fully saturated rings. The molecule has 238 valence electrons. The number of hydrogen-bond acceptors (Lipinski definition) is 7. The molecule has 0 aliphatic heterocycles. The molecular formula is C32H40ClN3O7S. The number of nitrogens with zero attached hydrogens (tertiary/aromatic N) is 2. The van der Waals surface area contributed by atoms with E-state index in [-0.39, 0.29) is 39.6 Å². The molecule has 0 aromatic heterocycles. The molecule has 0 bridgehead atoms. The first-order valence-electron chi connectivity index (χ1n) is 14.3. The summed E-state index contributed by atoms with van der Waals surface area (Å²) < 4.78 is 45.6. The maximum absolute atomic E-state index is 14.3. The zero-order valence-corrected chi connectivity index (χ0v) is 27.3. The highest BCUT2D eigenvalue weighted by atomic mass is 35.5. The van der Waals surface area contributed by atoms with E-state index in [0.29, 0.717) is 18.7 Å². The second-order valence-corrected chi connectivity index (χ2v) is 12.3. The Morgan fingerprint density at radius 2 is 1.57 bits per heavy atom. The summed E-state index contributed by atoms with van der Waals surface area (Å²) in [5.41, 5.74) is 1.03. The molecule has 0 heterocycles. The molecule has 2 amide bonds. The Morgan fingerprint density at radius 1 is 0.909 bits per heavy atom. The van der Waals surface area contributed by atoms with E-state index in [2.05, 4.69) is 5.32 Å². The zero-order valence-electron chi connectivity index (χ0n) is 25.7. The Kier molecular flexibility index (Phi) is 12.7. The summed E-state index contributed by atoms with van der Waals surface area (Å²) in [6.45, 7) is 3.68. The van der Waals surface area contributed by atoms with Crippen molar-refractivity contribution in [2.75, 3.05) is 45.3 Å². The minimum Gasteiger partial charge on any atom is -0.495 e. The molecule has 3 rings (SSSR count). The van der Waals surface area contributed by atoms with Crippen molar-refractivity contribution in [1.29, 1.82) is 0 Å². The normalized spacial score (nSPS) is 11.8. The second kappa shape index (κ2) is 16.2. The van der Waals surface area contributed by atoms with E-state index < -0.39 is 28.5 Å². The lowest BCUT2D eigenvalue weighted by Crippen LogP contribution is -2.52. The lowest BCUT2D eigenvalue weighted by molar-refractivity contribution is -0.138. The number of anilines is 1. The highest BCUT2D eigenvalue weighted by Crippen LogP contribution is 2.37. The molecule has 12 heteroatoms. The summed E-state index contributed by atoms with van der Waals surface area (Å²) in [7, 11) is -0.178. The molecule has 44 heavy (non-hydrogen) atoms. The van der Waals surface area contributed by atoms with Crippen molar-refractivity contribution in [3.05, 3.63) is 77.3 Å². The number of halogens is 1. The van der Waals surface area contributed by atoms with Gasteiger partial charge in [-0.25, -0.2) is 8.42 Å². The maximum atomic E-state index is 14.3. The van der Waals surface area contributed by atoms with Gasteiger partial charge in [-0.1, -0.05) is 55.3 Å².